The molecule has 0 aliphatic carbocycles. The number of anilines is 1. The summed E-state index contributed by atoms with van der Waals surface area (Å²) < 4.78 is 27.0. The molecule has 0 aromatic heterocycles. The van der Waals surface area contributed by atoms with Gasteiger partial charge in [-0.2, -0.15) is 0 Å². The molecule has 0 saturated heterocycles. The van der Waals surface area contributed by atoms with Crippen molar-refractivity contribution >= 4 is 27.3 Å². The monoisotopic (exact) mass is 295 g/mol. The quantitative estimate of drug-likeness (QED) is 0.935. The number of hydrogen-bond donors (Lipinski definition) is 1. The van der Waals surface area contributed by atoms with Crippen molar-refractivity contribution in [3.63, 3.8) is 0 Å². The maximum Gasteiger partial charge on any atom is 0.263 e. The van der Waals surface area contributed by atoms with Gasteiger partial charge in [0.25, 0.3) is 10.0 Å². The maximum absolute atomic E-state index is 12.2. The van der Waals surface area contributed by atoms with Gasteiger partial charge >= 0.3 is 0 Å². The molecule has 2 aromatic carbocycles. The zero-order valence-electron chi connectivity index (χ0n) is 10.4. The van der Waals surface area contributed by atoms with Crippen molar-refractivity contribution in [2.45, 2.75) is 18.2 Å². The molecule has 0 aliphatic heterocycles. The van der Waals surface area contributed by atoms with Crippen molar-refractivity contribution in [2.24, 2.45) is 0 Å². The molecular formula is C14H14ClNO2S. The van der Waals surface area contributed by atoms with Crippen LogP contribution in [0.2, 0.25) is 5.02 Å². The average molecular weight is 296 g/mol. The van der Waals surface area contributed by atoms with Gasteiger partial charge < -0.3 is 0 Å². The Morgan fingerprint density at radius 1 is 1.11 bits per heavy atom. The molecule has 0 spiro atoms. The van der Waals surface area contributed by atoms with Gasteiger partial charge in [-0.25, -0.2) is 8.42 Å². The molecule has 2 aromatic rings. The lowest BCUT2D eigenvalue weighted by molar-refractivity contribution is 0.601. The summed E-state index contributed by atoms with van der Waals surface area (Å²) in [4.78, 5) is 0.0820. The van der Waals surface area contributed by atoms with E-state index in [-0.39, 0.29) is 9.92 Å². The Hall–Kier alpha value is -1.52. The van der Waals surface area contributed by atoms with E-state index in [4.69, 9.17) is 11.6 Å². The lowest BCUT2D eigenvalue weighted by Gasteiger charge is -2.10. The number of rotatable bonds is 4. The molecule has 0 fully saturated rings. The number of hydrogen-bond acceptors (Lipinski definition) is 2. The van der Waals surface area contributed by atoms with E-state index in [0.717, 1.165) is 12.0 Å². The zero-order chi connectivity index (χ0) is 13.9. The second kappa shape index (κ2) is 5.63. The van der Waals surface area contributed by atoms with Crippen molar-refractivity contribution in [3.8, 4) is 0 Å². The van der Waals surface area contributed by atoms with Crippen molar-refractivity contribution in [1.82, 2.24) is 0 Å². The molecule has 0 aliphatic rings. The molecule has 0 unspecified atom stereocenters. The highest BCUT2D eigenvalue weighted by Crippen LogP contribution is 2.23. The summed E-state index contributed by atoms with van der Waals surface area (Å²) in [5.74, 6) is 0. The third-order valence-corrected chi connectivity index (χ3v) is 4.59. The molecule has 19 heavy (non-hydrogen) atoms. The van der Waals surface area contributed by atoms with Gasteiger partial charge in [-0.05, 0) is 36.2 Å². The molecule has 1 N–H and O–H groups in total. The van der Waals surface area contributed by atoms with E-state index in [2.05, 4.69) is 4.72 Å². The van der Waals surface area contributed by atoms with E-state index < -0.39 is 10.0 Å². The van der Waals surface area contributed by atoms with Crippen molar-refractivity contribution in [3.05, 3.63) is 59.1 Å². The van der Waals surface area contributed by atoms with Crippen molar-refractivity contribution in [2.75, 3.05) is 4.72 Å². The Balaban J connectivity index is 2.34. The number of aryl methyl sites for hydroxylation is 1. The first-order valence-electron chi connectivity index (χ1n) is 5.89. The van der Waals surface area contributed by atoms with Gasteiger partial charge in [0.1, 0.15) is 4.90 Å². The van der Waals surface area contributed by atoms with Crippen LogP contribution in [-0.4, -0.2) is 8.42 Å². The predicted octanol–water partition coefficient (Wildman–Crippen LogP) is 3.70. The smallest absolute Gasteiger partial charge is 0.263 e. The summed E-state index contributed by atoms with van der Waals surface area (Å²) in [6.45, 7) is 2.02. The fourth-order valence-corrected chi connectivity index (χ4v) is 3.30. The van der Waals surface area contributed by atoms with Crippen LogP contribution in [0.15, 0.2) is 53.4 Å². The highest BCUT2D eigenvalue weighted by molar-refractivity contribution is 7.92. The molecule has 0 bridgehead atoms. The SMILES string of the molecule is CCc1cccc(NS(=O)(=O)c2ccccc2Cl)c1. The molecule has 0 amide bonds. The lowest BCUT2D eigenvalue weighted by atomic mass is 10.1. The fourth-order valence-electron chi connectivity index (χ4n) is 1.73. The molecule has 2 rings (SSSR count). The summed E-state index contributed by atoms with van der Waals surface area (Å²) >= 11 is 5.91. The highest BCUT2D eigenvalue weighted by Gasteiger charge is 2.17. The molecule has 0 heterocycles. The van der Waals surface area contributed by atoms with Crippen LogP contribution >= 0.6 is 11.6 Å². The van der Waals surface area contributed by atoms with Crippen LogP contribution < -0.4 is 4.72 Å². The van der Waals surface area contributed by atoms with Crippen LogP contribution in [0.4, 0.5) is 5.69 Å². The van der Waals surface area contributed by atoms with Gasteiger partial charge in [-0.3, -0.25) is 4.72 Å². The van der Waals surface area contributed by atoms with Crippen LogP contribution in [0.25, 0.3) is 0 Å². The molecule has 0 saturated carbocycles. The minimum absolute atomic E-state index is 0.0820. The van der Waals surface area contributed by atoms with Gasteiger partial charge in [0.2, 0.25) is 0 Å². The van der Waals surface area contributed by atoms with E-state index >= 15 is 0 Å². The average Bonchev–Trinajstić information content (AvgIpc) is 2.38. The molecular weight excluding hydrogens is 282 g/mol. The van der Waals surface area contributed by atoms with Crippen LogP contribution in [0.1, 0.15) is 12.5 Å². The summed E-state index contributed by atoms with van der Waals surface area (Å²) in [7, 11) is -3.65. The summed E-state index contributed by atoms with van der Waals surface area (Å²) in [5.41, 5.74) is 1.61. The van der Waals surface area contributed by atoms with Crippen molar-refractivity contribution in [1.29, 1.82) is 0 Å². The Kier molecular flexibility index (Phi) is 4.12. The van der Waals surface area contributed by atoms with E-state index in [0.29, 0.717) is 5.69 Å². The molecule has 3 nitrogen and oxygen atoms in total. The third-order valence-electron chi connectivity index (χ3n) is 2.71. The van der Waals surface area contributed by atoms with Gasteiger partial charge in [0.05, 0.1) is 5.02 Å². The molecule has 0 atom stereocenters. The van der Waals surface area contributed by atoms with Gasteiger partial charge in [-0.1, -0.05) is 42.8 Å². The molecule has 100 valence electrons. The van der Waals surface area contributed by atoms with Crippen molar-refractivity contribution < 1.29 is 8.42 Å². The third kappa shape index (κ3) is 3.28. The zero-order valence-corrected chi connectivity index (χ0v) is 12.0. The number of benzene rings is 2. The summed E-state index contributed by atoms with van der Waals surface area (Å²) in [6, 6.07) is 13.7. The summed E-state index contributed by atoms with van der Waals surface area (Å²) in [5, 5.41) is 0.210. The second-order valence-corrected chi connectivity index (χ2v) is 6.15. The van der Waals surface area contributed by atoms with E-state index in [1.165, 1.54) is 6.07 Å². The minimum atomic E-state index is -3.65. The standard InChI is InChI=1S/C14H14ClNO2S/c1-2-11-6-5-7-12(10-11)16-19(17,18)14-9-4-3-8-13(14)15/h3-10,16H,2H2,1H3. The minimum Gasteiger partial charge on any atom is -0.280 e. The first-order chi connectivity index (χ1) is 9.03. The van der Waals surface area contributed by atoms with E-state index in [9.17, 15) is 8.42 Å². The Bertz CT molecular complexity index is 683. The first kappa shape index (κ1) is 13.9. The maximum atomic E-state index is 12.2. The summed E-state index contributed by atoms with van der Waals surface area (Å²) in [6.07, 6.45) is 0.849. The highest BCUT2D eigenvalue weighted by atomic mass is 35.5. The molecule has 0 radical (unpaired) electrons. The van der Waals surface area contributed by atoms with Gasteiger partial charge in [-0.15, -0.1) is 0 Å². The first-order valence-corrected chi connectivity index (χ1v) is 7.75. The Morgan fingerprint density at radius 2 is 1.84 bits per heavy atom. The van der Waals surface area contributed by atoms with Crippen LogP contribution in [0.5, 0.6) is 0 Å². The van der Waals surface area contributed by atoms with Crippen LogP contribution in [0.3, 0.4) is 0 Å². The number of sulfonamides is 1. The topological polar surface area (TPSA) is 46.2 Å². The van der Waals surface area contributed by atoms with E-state index in [1.807, 2.05) is 25.1 Å². The fraction of sp³-hybridized carbons (Fsp3) is 0.143. The van der Waals surface area contributed by atoms with Crippen LogP contribution in [-0.2, 0) is 16.4 Å². The van der Waals surface area contributed by atoms with Crippen LogP contribution in [0, 0.1) is 0 Å². The van der Waals surface area contributed by atoms with Gasteiger partial charge in [0, 0.05) is 5.69 Å². The molecule has 5 heteroatoms. The largest absolute Gasteiger partial charge is 0.280 e. The lowest BCUT2D eigenvalue weighted by Crippen LogP contribution is -2.13. The Labute approximate surface area is 118 Å². The predicted molar refractivity (Wildman–Crippen MR) is 78.1 cm³/mol. The Morgan fingerprint density at radius 3 is 2.53 bits per heavy atom. The normalized spacial score (nSPS) is 11.3. The second-order valence-electron chi connectivity index (χ2n) is 4.09. The van der Waals surface area contributed by atoms with Gasteiger partial charge in [0.15, 0.2) is 0 Å². The number of nitrogens with one attached hydrogen (secondary N) is 1. The van der Waals surface area contributed by atoms with E-state index in [1.54, 1.807) is 24.3 Å². The number of halogens is 1.